The van der Waals surface area contributed by atoms with Gasteiger partial charge in [-0.1, -0.05) is 19.8 Å². The summed E-state index contributed by atoms with van der Waals surface area (Å²) in [6.45, 7) is 2.86. The van der Waals surface area contributed by atoms with Gasteiger partial charge < -0.3 is 9.47 Å². The van der Waals surface area contributed by atoms with E-state index >= 15 is 0 Å². The Morgan fingerprint density at radius 3 is 2.57 bits per heavy atom. The maximum atomic E-state index is 11.6. The van der Waals surface area contributed by atoms with E-state index in [-0.39, 0.29) is 38.2 Å². The molecule has 0 spiro atoms. The summed E-state index contributed by atoms with van der Waals surface area (Å²) in [5, 5.41) is 0. The molecule has 0 aromatic heterocycles. The number of rotatable bonds is 6. The van der Waals surface area contributed by atoms with E-state index in [9.17, 15) is 19.2 Å². The van der Waals surface area contributed by atoms with E-state index in [4.69, 9.17) is 0 Å². The molecule has 1 aliphatic heterocycles. The van der Waals surface area contributed by atoms with Crippen LogP contribution in [0.1, 0.15) is 32.6 Å². The number of esters is 3. The molecule has 2 rings (SSSR count). The van der Waals surface area contributed by atoms with Crippen LogP contribution in [0.4, 0.5) is 0 Å². The van der Waals surface area contributed by atoms with Gasteiger partial charge in [0.05, 0.1) is 19.6 Å². The van der Waals surface area contributed by atoms with Gasteiger partial charge >= 0.3 is 24.4 Å². The highest BCUT2D eigenvalue weighted by molar-refractivity contribution is 5.90. The Bertz CT molecular complexity index is 465. The van der Waals surface area contributed by atoms with E-state index in [0.717, 1.165) is 25.7 Å². The van der Waals surface area contributed by atoms with Gasteiger partial charge in [0.2, 0.25) is 0 Å². The van der Waals surface area contributed by atoms with Gasteiger partial charge in [-0.2, -0.15) is 0 Å². The maximum Gasteiger partial charge on any atom is 0.327 e. The average Bonchev–Trinajstić information content (AvgIpc) is 2.52. The van der Waals surface area contributed by atoms with Crippen molar-refractivity contribution in [3.63, 3.8) is 0 Å². The fourth-order valence-corrected chi connectivity index (χ4v) is 3.48. The van der Waals surface area contributed by atoms with E-state index in [1.165, 1.54) is 0 Å². The Morgan fingerprint density at radius 2 is 1.96 bits per heavy atom. The predicted octanol–water partition coefficient (Wildman–Crippen LogP) is -0.295. The number of carbonyl (C=O) groups excluding carboxylic acids is 4. The van der Waals surface area contributed by atoms with Crippen molar-refractivity contribution in [2.75, 3.05) is 26.2 Å². The quantitative estimate of drug-likeness (QED) is 0.373. The molecule has 1 saturated carbocycles. The zero-order chi connectivity index (χ0) is 16.8. The number of carbonyl (C=O) groups is 4. The number of hydrogen-bond acceptors (Lipinski definition) is 8. The van der Waals surface area contributed by atoms with Crippen molar-refractivity contribution in [2.24, 2.45) is 0 Å². The van der Waals surface area contributed by atoms with Crippen LogP contribution in [0.2, 0.25) is 0 Å². The lowest BCUT2D eigenvalue weighted by molar-refractivity contribution is -0.170. The zero-order valence-corrected chi connectivity index (χ0v) is 13.2. The van der Waals surface area contributed by atoms with Crippen molar-refractivity contribution in [1.29, 1.82) is 0 Å². The standard InChI is InChI=1S/C15H22N2O6/c1-2-16(7-13(19)22-10-18)11-5-3-4-6-12(11)17-8-14(20)23-15(21)9-17/h10-12H,2-9H2,1H3. The fraction of sp³-hybridized carbons (Fsp3) is 0.733. The molecule has 0 aromatic rings. The van der Waals surface area contributed by atoms with Crippen molar-refractivity contribution in [2.45, 2.75) is 44.7 Å². The first-order valence-electron chi connectivity index (χ1n) is 7.90. The molecule has 2 fully saturated rings. The first-order chi connectivity index (χ1) is 11.0. The third-order valence-electron chi connectivity index (χ3n) is 4.44. The molecule has 0 N–H and O–H groups in total. The lowest BCUT2D eigenvalue weighted by Crippen LogP contribution is -2.58. The molecule has 0 bridgehead atoms. The lowest BCUT2D eigenvalue weighted by Gasteiger charge is -2.44. The van der Waals surface area contributed by atoms with E-state index in [2.05, 4.69) is 9.47 Å². The van der Waals surface area contributed by atoms with Gasteiger partial charge in [-0.3, -0.25) is 29.0 Å². The smallest absolute Gasteiger partial charge is 0.327 e. The summed E-state index contributed by atoms with van der Waals surface area (Å²) in [5.41, 5.74) is 0. The normalized spacial score (nSPS) is 26.0. The van der Waals surface area contributed by atoms with Gasteiger partial charge in [-0.25, -0.2) is 0 Å². The Kier molecular flexibility index (Phi) is 6.23. The monoisotopic (exact) mass is 326 g/mol. The highest BCUT2D eigenvalue weighted by atomic mass is 16.6. The molecule has 0 radical (unpaired) electrons. The van der Waals surface area contributed by atoms with Crippen LogP contribution in [-0.4, -0.2) is 72.4 Å². The van der Waals surface area contributed by atoms with Gasteiger partial charge in [-0.05, 0) is 19.4 Å². The van der Waals surface area contributed by atoms with Crippen LogP contribution in [0.5, 0.6) is 0 Å². The summed E-state index contributed by atoms with van der Waals surface area (Å²) in [6, 6.07) is 0.0381. The molecule has 1 heterocycles. The Hall–Kier alpha value is -1.80. The number of cyclic esters (lactones) is 2. The fourth-order valence-electron chi connectivity index (χ4n) is 3.48. The van der Waals surface area contributed by atoms with Crippen LogP contribution in [0.25, 0.3) is 0 Å². The third-order valence-corrected chi connectivity index (χ3v) is 4.44. The lowest BCUT2D eigenvalue weighted by atomic mass is 9.87. The Balaban J connectivity index is 2.09. The number of hydrogen-bond donors (Lipinski definition) is 0. The van der Waals surface area contributed by atoms with Crippen molar-refractivity contribution >= 4 is 24.4 Å². The molecule has 128 valence electrons. The minimum absolute atomic E-state index is 0.00420. The Morgan fingerprint density at radius 1 is 1.30 bits per heavy atom. The van der Waals surface area contributed by atoms with Crippen molar-refractivity contribution in [3.8, 4) is 0 Å². The highest BCUT2D eigenvalue weighted by Gasteiger charge is 2.38. The molecule has 8 nitrogen and oxygen atoms in total. The SMILES string of the molecule is CCN(CC(=O)OC=O)C1CCCCC1N1CC(=O)OC(=O)C1. The summed E-state index contributed by atoms with van der Waals surface area (Å²) < 4.78 is 8.96. The predicted molar refractivity (Wildman–Crippen MR) is 78.1 cm³/mol. The summed E-state index contributed by atoms with van der Waals surface area (Å²) >= 11 is 0. The molecule has 8 heteroatoms. The zero-order valence-electron chi connectivity index (χ0n) is 13.2. The van der Waals surface area contributed by atoms with Gasteiger partial charge in [0, 0.05) is 12.1 Å². The van der Waals surface area contributed by atoms with Crippen LogP contribution in [0.3, 0.4) is 0 Å². The van der Waals surface area contributed by atoms with E-state index in [1.54, 1.807) is 0 Å². The molecule has 1 aliphatic carbocycles. The van der Waals surface area contributed by atoms with Gasteiger partial charge in [0.1, 0.15) is 0 Å². The average molecular weight is 326 g/mol. The molecule has 2 unspecified atom stereocenters. The minimum atomic E-state index is -0.597. The first-order valence-corrected chi connectivity index (χ1v) is 7.90. The summed E-state index contributed by atoms with van der Waals surface area (Å²) in [7, 11) is 0. The van der Waals surface area contributed by atoms with Crippen LogP contribution < -0.4 is 0 Å². The van der Waals surface area contributed by atoms with Crippen LogP contribution in [-0.2, 0) is 28.7 Å². The van der Waals surface area contributed by atoms with Crippen molar-refractivity contribution in [3.05, 3.63) is 0 Å². The maximum absolute atomic E-state index is 11.6. The molecule has 0 aromatic carbocycles. The molecular formula is C15H22N2O6. The molecule has 2 atom stereocenters. The molecule has 0 amide bonds. The minimum Gasteiger partial charge on any atom is -0.395 e. The number of nitrogens with zero attached hydrogens (tertiary/aromatic N) is 2. The molecular weight excluding hydrogens is 304 g/mol. The summed E-state index contributed by atoms with van der Waals surface area (Å²) in [5.74, 6) is -1.66. The third kappa shape index (κ3) is 4.59. The van der Waals surface area contributed by atoms with E-state index in [0.29, 0.717) is 6.54 Å². The molecule has 23 heavy (non-hydrogen) atoms. The largest absolute Gasteiger partial charge is 0.395 e. The van der Waals surface area contributed by atoms with Crippen molar-refractivity contribution in [1.82, 2.24) is 9.80 Å². The van der Waals surface area contributed by atoms with Crippen LogP contribution in [0.15, 0.2) is 0 Å². The van der Waals surface area contributed by atoms with Crippen molar-refractivity contribution < 1.29 is 28.7 Å². The van der Waals surface area contributed by atoms with Crippen LogP contribution in [0, 0.1) is 0 Å². The second-order valence-electron chi connectivity index (χ2n) is 5.82. The van der Waals surface area contributed by atoms with Gasteiger partial charge in [0.15, 0.2) is 0 Å². The van der Waals surface area contributed by atoms with E-state index < -0.39 is 17.9 Å². The molecule has 2 aliphatic rings. The Labute approximate surface area is 134 Å². The van der Waals surface area contributed by atoms with E-state index in [1.807, 2.05) is 16.7 Å². The number of likely N-dealkylation sites (N-methyl/N-ethyl adjacent to an activating group) is 1. The number of ether oxygens (including phenoxy) is 2. The van der Waals surface area contributed by atoms with Crippen LogP contribution >= 0.6 is 0 Å². The second kappa shape index (κ2) is 8.16. The number of morpholine rings is 1. The molecule has 1 saturated heterocycles. The van der Waals surface area contributed by atoms with Gasteiger partial charge in [0.25, 0.3) is 0 Å². The first kappa shape index (κ1) is 17.6. The summed E-state index contributed by atoms with van der Waals surface area (Å²) in [6.07, 6.45) is 3.75. The second-order valence-corrected chi connectivity index (χ2v) is 5.82. The summed E-state index contributed by atoms with van der Waals surface area (Å²) in [4.78, 5) is 48.7. The highest BCUT2D eigenvalue weighted by Crippen LogP contribution is 2.28. The van der Waals surface area contributed by atoms with Gasteiger partial charge in [-0.15, -0.1) is 0 Å². The topological polar surface area (TPSA) is 93.2 Å².